The van der Waals surface area contributed by atoms with Crippen LogP contribution in [0.4, 0.5) is 0 Å². The van der Waals surface area contributed by atoms with Gasteiger partial charge in [-0.15, -0.1) is 0 Å². The van der Waals surface area contributed by atoms with Gasteiger partial charge in [-0.25, -0.2) is 0 Å². The van der Waals surface area contributed by atoms with Crippen molar-refractivity contribution in [1.29, 1.82) is 0 Å². The number of hydrogen-bond acceptors (Lipinski definition) is 3. The molecule has 0 aromatic heterocycles. The fourth-order valence-electron chi connectivity index (χ4n) is 2.47. The Labute approximate surface area is 115 Å². The van der Waals surface area contributed by atoms with Gasteiger partial charge in [0.2, 0.25) is 11.8 Å². The lowest BCUT2D eigenvalue weighted by atomic mass is 9.82. The fraction of sp³-hybridized carbons (Fsp3) is 0.857. The maximum Gasteiger partial charge on any atom is 0.245 e. The minimum Gasteiger partial charge on any atom is -0.380 e. The van der Waals surface area contributed by atoms with Crippen LogP contribution >= 0.6 is 0 Å². The molecule has 1 aliphatic rings. The highest BCUT2D eigenvalue weighted by Gasteiger charge is 2.45. The molecule has 0 bridgehead atoms. The Balaban J connectivity index is 3.05. The van der Waals surface area contributed by atoms with Crippen LogP contribution in [-0.2, 0) is 14.3 Å². The van der Waals surface area contributed by atoms with Crippen molar-refractivity contribution in [3.8, 4) is 0 Å². The molecule has 3 unspecified atom stereocenters. The number of hydrogen-bond donors (Lipinski definition) is 1. The van der Waals surface area contributed by atoms with E-state index in [-0.39, 0.29) is 23.3 Å². The smallest absolute Gasteiger partial charge is 0.245 e. The molecular weight excluding hydrogens is 244 g/mol. The summed E-state index contributed by atoms with van der Waals surface area (Å²) in [5.41, 5.74) is -0.300. The Kier molecular flexibility index (Phi) is 4.96. The molecule has 1 heterocycles. The van der Waals surface area contributed by atoms with Crippen molar-refractivity contribution in [3.63, 3.8) is 0 Å². The molecule has 19 heavy (non-hydrogen) atoms. The molecule has 1 saturated heterocycles. The van der Waals surface area contributed by atoms with Gasteiger partial charge in [-0.1, -0.05) is 27.7 Å². The van der Waals surface area contributed by atoms with Gasteiger partial charge >= 0.3 is 0 Å². The maximum absolute atomic E-state index is 12.5. The standard InChI is InChI=1S/C14H26N2O3/c1-7-10-13(18)16(8-9(2)19-6)11(12(17)15-10)14(3,4)5/h9-11H,7-8H2,1-6H3,(H,15,17). The van der Waals surface area contributed by atoms with Crippen LogP contribution in [0, 0.1) is 5.41 Å². The molecule has 0 spiro atoms. The minimum absolute atomic E-state index is 0.00840. The second-order valence-corrected chi connectivity index (χ2v) is 6.27. The summed E-state index contributed by atoms with van der Waals surface area (Å²) in [7, 11) is 1.61. The molecule has 5 nitrogen and oxygen atoms in total. The van der Waals surface area contributed by atoms with Crippen molar-refractivity contribution < 1.29 is 14.3 Å². The zero-order valence-corrected chi connectivity index (χ0v) is 12.8. The van der Waals surface area contributed by atoms with E-state index in [1.165, 1.54) is 0 Å². The predicted molar refractivity (Wildman–Crippen MR) is 73.6 cm³/mol. The largest absolute Gasteiger partial charge is 0.380 e. The molecule has 1 aliphatic heterocycles. The SMILES string of the molecule is CCC1NC(=O)C(C(C)(C)C)N(CC(C)OC)C1=O. The summed E-state index contributed by atoms with van der Waals surface area (Å²) >= 11 is 0. The maximum atomic E-state index is 12.5. The van der Waals surface area contributed by atoms with Crippen molar-refractivity contribution in [3.05, 3.63) is 0 Å². The number of amides is 2. The fourth-order valence-corrected chi connectivity index (χ4v) is 2.47. The molecular formula is C14H26N2O3. The number of nitrogens with one attached hydrogen (secondary N) is 1. The van der Waals surface area contributed by atoms with Gasteiger partial charge in [0.05, 0.1) is 6.10 Å². The van der Waals surface area contributed by atoms with Crippen LogP contribution in [0.15, 0.2) is 0 Å². The second-order valence-electron chi connectivity index (χ2n) is 6.27. The van der Waals surface area contributed by atoms with Crippen molar-refractivity contribution in [1.82, 2.24) is 10.2 Å². The van der Waals surface area contributed by atoms with E-state index in [0.717, 1.165) is 0 Å². The monoisotopic (exact) mass is 270 g/mol. The number of carbonyl (C=O) groups is 2. The molecule has 0 radical (unpaired) electrons. The first-order valence-corrected chi connectivity index (χ1v) is 6.86. The number of rotatable bonds is 4. The average molecular weight is 270 g/mol. The lowest BCUT2D eigenvalue weighted by molar-refractivity contribution is -0.155. The van der Waals surface area contributed by atoms with Crippen LogP contribution < -0.4 is 5.32 Å². The highest BCUT2D eigenvalue weighted by atomic mass is 16.5. The van der Waals surface area contributed by atoms with Gasteiger partial charge in [0.15, 0.2) is 0 Å². The van der Waals surface area contributed by atoms with E-state index >= 15 is 0 Å². The van der Waals surface area contributed by atoms with Crippen molar-refractivity contribution >= 4 is 11.8 Å². The van der Waals surface area contributed by atoms with Gasteiger partial charge in [-0.2, -0.15) is 0 Å². The topological polar surface area (TPSA) is 58.6 Å². The molecule has 110 valence electrons. The average Bonchev–Trinajstić information content (AvgIpc) is 2.31. The lowest BCUT2D eigenvalue weighted by Crippen LogP contribution is -2.67. The van der Waals surface area contributed by atoms with Crippen molar-refractivity contribution in [2.45, 2.75) is 59.2 Å². The summed E-state index contributed by atoms with van der Waals surface area (Å²) < 4.78 is 5.24. The quantitative estimate of drug-likeness (QED) is 0.834. The molecule has 0 saturated carbocycles. The number of nitrogens with zero attached hydrogens (tertiary/aromatic N) is 1. The lowest BCUT2D eigenvalue weighted by Gasteiger charge is -2.45. The van der Waals surface area contributed by atoms with E-state index in [2.05, 4.69) is 5.32 Å². The molecule has 3 atom stereocenters. The van der Waals surface area contributed by atoms with E-state index in [1.54, 1.807) is 12.0 Å². The first-order valence-electron chi connectivity index (χ1n) is 6.86. The van der Waals surface area contributed by atoms with E-state index < -0.39 is 12.1 Å². The van der Waals surface area contributed by atoms with Gasteiger partial charge in [0, 0.05) is 13.7 Å². The van der Waals surface area contributed by atoms with E-state index in [1.807, 2.05) is 34.6 Å². The Hall–Kier alpha value is -1.10. The summed E-state index contributed by atoms with van der Waals surface area (Å²) in [6.07, 6.45) is 0.524. The van der Waals surface area contributed by atoms with Crippen LogP contribution in [0.25, 0.3) is 0 Å². The number of piperazine rings is 1. The molecule has 5 heteroatoms. The summed E-state index contributed by atoms with van der Waals surface area (Å²) in [5, 5.41) is 2.82. The molecule has 0 aromatic carbocycles. The first-order chi connectivity index (χ1) is 8.72. The van der Waals surface area contributed by atoms with Gasteiger partial charge in [0.25, 0.3) is 0 Å². The summed E-state index contributed by atoms with van der Waals surface area (Å²) in [6, 6.07) is -0.851. The van der Waals surface area contributed by atoms with Crippen LogP contribution in [0.3, 0.4) is 0 Å². The van der Waals surface area contributed by atoms with E-state index in [0.29, 0.717) is 13.0 Å². The third-order valence-corrected chi connectivity index (χ3v) is 3.54. The Bertz CT molecular complexity index is 349. The van der Waals surface area contributed by atoms with Crippen molar-refractivity contribution in [2.75, 3.05) is 13.7 Å². The highest BCUT2D eigenvalue weighted by molar-refractivity contribution is 5.97. The Morgan fingerprint density at radius 2 is 1.95 bits per heavy atom. The normalized spacial score (nSPS) is 26.3. The zero-order valence-electron chi connectivity index (χ0n) is 12.8. The zero-order chi connectivity index (χ0) is 14.8. The van der Waals surface area contributed by atoms with Gasteiger partial charge in [0.1, 0.15) is 12.1 Å². The van der Waals surface area contributed by atoms with Crippen LogP contribution in [0.2, 0.25) is 0 Å². The molecule has 0 aromatic rings. The number of methoxy groups -OCH3 is 1. The van der Waals surface area contributed by atoms with Gasteiger partial charge < -0.3 is 15.0 Å². The minimum atomic E-state index is -0.444. The second kappa shape index (κ2) is 5.90. The molecule has 1 rings (SSSR count). The Morgan fingerprint density at radius 3 is 2.37 bits per heavy atom. The summed E-state index contributed by atoms with van der Waals surface area (Å²) in [6.45, 7) is 10.2. The molecule has 0 aliphatic carbocycles. The summed E-state index contributed by atoms with van der Waals surface area (Å²) in [5.74, 6) is -0.0758. The molecule has 1 fully saturated rings. The summed E-state index contributed by atoms with van der Waals surface area (Å²) in [4.78, 5) is 26.4. The third-order valence-electron chi connectivity index (χ3n) is 3.54. The van der Waals surface area contributed by atoms with Crippen molar-refractivity contribution in [2.24, 2.45) is 5.41 Å². The van der Waals surface area contributed by atoms with E-state index in [4.69, 9.17) is 4.74 Å². The molecule has 1 N–H and O–H groups in total. The predicted octanol–water partition coefficient (Wildman–Crippen LogP) is 1.17. The van der Waals surface area contributed by atoms with Gasteiger partial charge in [-0.05, 0) is 18.8 Å². The van der Waals surface area contributed by atoms with Crippen LogP contribution in [0.1, 0.15) is 41.0 Å². The first kappa shape index (κ1) is 16.0. The molecule has 2 amide bonds. The van der Waals surface area contributed by atoms with Crippen LogP contribution in [0.5, 0.6) is 0 Å². The Morgan fingerprint density at radius 1 is 1.37 bits per heavy atom. The number of ether oxygens (including phenoxy) is 1. The van der Waals surface area contributed by atoms with E-state index in [9.17, 15) is 9.59 Å². The number of carbonyl (C=O) groups excluding carboxylic acids is 2. The van der Waals surface area contributed by atoms with Gasteiger partial charge in [-0.3, -0.25) is 9.59 Å². The third kappa shape index (κ3) is 3.47. The van der Waals surface area contributed by atoms with Crippen LogP contribution in [-0.4, -0.2) is 48.6 Å². The highest BCUT2D eigenvalue weighted by Crippen LogP contribution is 2.28.